The summed E-state index contributed by atoms with van der Waals surface area (Å²) in [6, 6.07) is 3.06. The smallest absolute Gasteiger partial charge is 0.224 e. The minimum absolute atomic E-state index is 0.130. The molecule has 8 fully saturated rings. The van der Waals surface area contributed by atoms with Crippen LogP contribution in [0.5, 0.6) is 0 Å². The van der Waals surface area contributed by atoms with E-state index in [0.29, 0.717) is 0 Å². The van der Waals surface area contributed by atoms with E-state index in [1.165, 1.54) is 89.2 Å². The van der Waals surface area contributed by atoms with Crippen LogP contribution in [0.15, 0.2) is 18.5 Å². The molecule has 2 aromatic rings. The lowest BCUT2D eigenvalue weighted by atomic mass is 9.52. The molecule has 0 atom stereocenters. The van der Waals surface area contributed by atoms with Crippen LogP contribution >= 0.6 is 0 Å². The van der Waals surface area contributed by atoms with Crippen molar-refractivity contribution in [3.63, 3.8) is 0 Å². The standard InChI is InChI=1S/C27H33F2N2/c28-22-7-24-25(8-23(22)29)31(27-12-19-4-20(13-27)6-21(5-19)14-27)15-30(24)26-9-16-1-17(10-26)3-18(2-16)11-26/h7-8,15-21H,1-6,9-14H2/q+1. The molecule has 1 aromatic heterocycles. The molecule has 8 saturated carbocycles. The first-order valence-electron chi connectivity index (χ1n) is 12.9. The Hall–Kier alpha value is -1.45. The molecule has 2 nitrogen and oxygen atoms in total. The molecule has 0 amide bonds. The van der Waals surface area contributed by atoms with Crippen LogP contribution < -0.4 is 4.57 Å². The van der Waals surface area contributed by atoms with Gasteiger partial charge in [0.1, 0.15) is 11.1 Å². The van der Waals surface area contributed by atoms with E-state index in [1.54, 1.807) is 0 Å². The first-order chi connectivity index (χ1) is 15.0. The SMILES string of the molecule is Fc1cc2c(cc1F)[n+](C13CC4CC(CC(C4)C1)C3)cn2C12CC3CC(CC(C3)C1)C2. The van der Waals surface area contributed by atoms with Gasteiger partial charge in [0.25, 0.3) is 0 Å². The molecule has 10 rings (SSSR count). The first kappa shape index (κ1) is 18.0. The third kappa shape index (κ3) is 2.35. The second-order valence-electron chi connectivity index (χ2n) is 12.9. The Balaban J connectivity index is 1.35. The van der Waals surface area contributed by atoms with E-state index < -0.39 is 11.6 Å². The van der Waals surface area contributed by atoms with Crippen molar-refractivity contribution < 1.29 is 13.3 Å². The number of benzene rings is 1. The van der Waals surface area contributed by atoms with Gasteiger partial charge in [-0.25, -0.2) is 17.9 Å². The van der Waals surface area contributed by atoms with Crippen LogP contribution in [0.1, 0.15) is 77.0 Å². The molecular formula is C27H33F2N2+. The lowest BCUT2D eigenvalue weighted by Gasteiger charge is -2.55. The lowest BCUT2D eigenvalue weighted by molar-refractivity contribution is -0.755. The van der Waals surface area contributed by atoms with E-state index >= 15 is 0 Å². The Morgan fingerprint density at radius 3 is 1.65 bits per heavy atom. The van der Waals surface area contributed by atoms with E-state index in [4.69, 9.17) is 0 Å². The third-order valence-electron chi connectivity index (χ3n) is 10.8. The summed E-state index contributed by atoms with van der Waals surface area (Å²) in [5.41, 5.74) is 2.17. The molecule has 0 unspecified atom stereocenters. The number of halogens is 2. The van der Waals surface area contributed by atoms with Crippen LogP contribution in [0.25, 0.3) is 11.0 Å². The number of aromatic nitrogens is 2. The van der Waals surface area contributed by atoms with E-state index in [9.17, 15) is 8.78 Å². The largest absolute Gasteiger partial charge is 0.245 e. The van der Waals surface area contributed by atoms with Crippen molar-refractivity contribution in [3.05, 3.63) is 30.1 Å². The highest BCUT2D eigenvalue weighted by atomic mass is 19.2. The van der Waals surface area contributed by atoms with Gasteiger partial charge >= 0.3 is 0 Å². The minimum atomic E-state index is -0.686. The Kier molecular flexibility index (Phi) is 3.33. The van der Waals surface area contributed by atoms with Crippen LogP contribution in [0.2, 0.25) is 0 Å². The molecule has 0 spiro atoms. The van der Waals surface area contributed by atoms with Gasteiger partial charge in [0, 0.05) is 12.1 Å². The summed E-state index contributed by atoms with van der Waals surface area (Å²) < 4.78 is 34.1. The quantitative estimate of drug-likeness (QED) is 0.520. The first-order valence-corrected chi connectivity index (χ1v) is 12.9. The Morgan fingerprint density at radius 2 is 1.13 bits per heavy atom. The fraction of sp³-hybridized carbons (Fsp3) is 0.741. The van der Waals surface area contributed by atoms with Gasteiger partial charge in [-0.15, -0.1) is 0 Å². The van der Waals surface area contributed by atoms with Gasteiger partial charge in [-0.3, -0.25) is 0 Å². The molecule has 0 N–H and O–H groups in total. The Bertz CT molecular complexity index is 944. The van der Waals surface area contributed by atoms with Gasteiger partial charge in [0.05, 0.1) is 0 Å². The maximum atomic E-state index is 14.6. The summed E-state index contributed by atoms with van der Waals surface area (Å²) in [6.07, 6.45) is 18.2. The molecule has 164 valence electrons. The second-order valence-corrected chi connectivity index (χ2v) is 12.9. The zero-order valence-corrected chi connectivity index (χ0v) is 18.3. The van der Waals surface area contributed by atoms with Crippen molar-refractivity contribution in [1.82, 2.24) is 4.57 Å². The predicted molar refractivity (Wildman–Crippen MR) is 114 cm³/mol. The normalized spacial score (nSPS) is 47.0. The van der Waals surface area contributed by atoms with E-state index in [0.717, 1.165) is 46.5 Å². The molecule has 8 bridgehead atoms. The summed E-state index contributed by atoms with van der Waals surface area (Å²) >= 11 is 0. The monoisotopic (exact) mass is 423 g/mol. The van der Waals surface area contributed by atoms with Gasteiger partial charge in [0.2, 0.25) is 6.33 Å². The fourth-order valence-corrected chi connectivity index (χ4v) is 10.6. The number of hydrogen-bond acceptors (Lipinski definition) is 0. The topological polar surface area (TPSA) is 8.81 Å². The highest BCUT2D eigenvalue weighted by Crippen LogP contribution is 2.60. The Morgan fingerprint density at radius 1 is 0.677 bits per heavy atom. The maximum absolute atomic E-state index is 14.6. The number of imidazole rings is 1. The van der Waals surface area contributed by atoms with Crippen LogP contribution in [0.3, 0.4) is 0 Å². The molecule has 1 heterocycles. The zero-order chi connectivity index (χ0) is 20.5. The van der Waals surface area contributed by atoms with Crippen molar-refractivity contribution >= 4 is 11.0 Å². The average Bonchev–Trinajstić information content (AvgIpc) is 3.06. The Labute approximate surface area is 183 Å². The van der Waals surface area contributed by atoms with E-state index in [-0.39, 0.29) is 11.1 Å². The van der Waals surface area contributed by atoms with Crippen LogP contribution in [0.4, 0.5) is 8.78 Å². The zero-order valence-electron chi connectivity index (χ0n) is 18.3. The number of nitrogens with zero attached hydrogens (tertiary/aromatic N) is 2. The molecule has 8 aliphatic rings. The van der Waals surface area contributed by atoms with Gasteiger partial charge in [-0.2, -0.15) is 0 Å². The van der Waals surface area contributed by atoms with Crippen molar-refractivity contribution in [2.45, 2.75) is 88.1 Å². The fourth-order valence-electron chi connectivity index (χ4n) is 10.6. The maximum Gasteiger partial charge on any atom is 0.245 e. The third-order valence-corrected chi connectivity index (χ3v) is 10.8. The molecule has 8 aliphatic carbocycles. The second kappa shape index (κ2) is 5.72. The van der Waals surface area contributed by atoms with Crippen molar-refractivity contribution in [1.29, 1.82) is 0 Å². The van der Waals surface area contributed by atoms with E-state index in [1.807, 2.05) is 0 Å². The summed E-state index contributed by atoms with van der Waals surface area (Å²) in [5.74, 6) is 3.64. The summed E-state index contributed by atoms with van der Waals surface area (Å²) in [5, 5.41) is 0. The van der Waals surface area contributed by atoms with Gasteiger partial charge in [-0.1, -0.05) is 0 Å². The van der Waals surface area contributed by atoms with Gasteiger partial charge in [0.15, 0.2) is 22.7 Å². The summed E-state index contributed by atoms with van der Waals surface area (Å²) in [4.78, 5) is 0. The van der Waals surface area contributed by atoms with Crippen LogP contribution in [-0.4, -0.2) is 4.57 Å². The van der Waals surface area contributed by atoms with E-state index in [2.05, 4.69) is 15.5 Å². The van der Waals surface area contributed by atoms with Crippen molar-refractivity contribution in [3.8, 4) is 0 Å². The highest BCUT2D eigenvalue weighted by molar-refractivity contribution is 5.72. The number of rotatable bonds is 2. The highest BCUT2D eigenvalue weighted by Gasteiger charge is 2.58. The van der Waals surface area contributed by atoms with Crippen molar-refractivity contribution in [2.75, 3.05) is 0 Å². The molecule has 1 aromatic carbocycles. The van der Waals surface area contributed by atoms with Gasteiger partial charge in [-0.05, 0) is 113 Å². The van der Waals surface area contributed by atoms with Crippen molar-refractivity contribution in [2.24, 2.45) is 35.5 Å². The molecule has 0 radical (unpaired) electrons. The minimum Gasteiger partial charge on any atom is -0.224 e. The molecule has 31 heavy (non-hydrogen) atoms. The number of hydrogen-bond donors (Lipinski definition) is 0. The predicted octanol–water partition coefficient (Wildman–Crippen LogP) is 6.06. The molecule has 4 heteroatoms. The van der Waals surface area contributed by atoms with Crippen LogP contribution in [0, 0.1) is 47.1 Å². The van der Waals surface area contributed by atoms with Gasteiger partial charge < -0.3 is 0 Å². The van der Waals surface area contributed by atoms with Crippen LogP contribution in [-0.2, 0) is 11.1 Å². The average molecular weight is 424 g/mol. The summed E-state index contributed by atoms with van der Waals surface area (Å²) in [7, 11) is 0. The molecule has 0 aliphatic heterocycles. The summed E-state index contributed by atoms with van der Waals surface area (Å²) in [6.45, 7) is 0. The molecule has 0 saturated heterocycles. The molecular weight excluding hydrogens is 390 g/mol. The number of fused-ring (bicyclic) bond motifs is 1. The lowest BCUT2D eigenvalue weighted by Crippen LogP contribution is -2.64.